The standard InChI is InChI=1S/C39H52ClN5O6S/c1-6-45-18-8-10-34(51-37(47)43-22-29(23-43)42(4)5)31-14-11-27(31)21-44-24-39(17-7-9-26-19-28(40)12-15-32(26)39)25-50-35-16-13-30(20-33(35)44)52(48,49)41-36(46)38(45,2)3/h8,10,12-13,15-16,19-20,27,29,31,34H,6-7,9,11,14,17-18,21-25H2,1-5H3,(H,41,46)/b10-8+/t27-,31+,34-,39-/m0/s1. The van der Waals surface area contributed by atoms with E-state index in [4.69, 9.17) is 21.1 Å². The summed E-state index contributed by atoms with van der Waals surface area (Å²) in [6, 6.07) is 11.3. The molecule has 4 atom stereocenters. The highest BCUT2D eigenvalue weighted by Gasteiger charge is 2.46. The molecule has 1 saturated heterocycles. The minimum Gasteiger partial charge on any atom is -0.490 e. The first-order valence-electron chi connectivity index (χ1n) is 18.6. The van der Waals surface area contributed by atoms with E-state index in [9.17, 15) is 18.0 Å². The molecule has 3 aliphatic heterocycles. The fourth-order valence-electron chi connectivity index (χ4n) is 8.71. The maximum Gasteiger partial charge on any atom is 0.410 e. The largest absolute Gasteiger partial charge is 0.490 e. The number of likely N-dealkylation sites (N-methyl/N-ethyl adjacent to an activating group) is 2. The van der Waals surface area contributed by atoms with Gasteiger partial charge in [-0.3, -0.25) is 9.69 Å². The molecule has 13 heteroatoms. The Kier molecular flexibility index (Phi) is 10.1. The summed E-state index contributed by atoms with van der Waals surface area (Å²) in [7, 11) is -0.172. The van der Waals surface area contributed by atoms with Gasteiger partial charge in [-0.05, 0) is 120 Å². The van der Waals surface area contributed by atoms with E-state index in [-0.39, 0.29) is 28.2 Å². The molecule has 0 unspecified atom stereocenters. The van der Waals surface area contributed by atoms with Crippen LogP contribution in [0.3, 0.4) is 0 Å². The summed E-state index contributed by atoms with van der Waals surface area (Å²) in [5, 5.41) is 0.710. The van der Waals surface area contributed by atoms with Gasteiger partial charge in [0.1, 0.15) is 11.9 Å². The van der Waals surface area contributed by atoms with E-state index < -0.39 is 27.6 Å². The number of carbonyl (C=O) groups is 2. The van der Waals surface area contributed by atoms with Crippen LogP contribution in [0.2, 0.25) is 5.02 Å². The van der Waals surface area contributed by atoms with Gasteiger partial charge in [0.2, 0.25) is 0 Å². The Morgan fingerprint density at radius 1 is 1.12 bits per heavy atom. The quantitative estimate of drug-likeness (QED) is 0.430. The highest BCUT2D eigenvalue weighted by molar-refractivity contribution is 7.90. The lowest BCUT2D eigenvalue weighted by molar-refractivity contribution is -0.129. The number of likely N-dealkylation sites (tertiary alicyclic amines) is 1. The molecule has 282 valence electrons. The second kappa shape index (κ2) is 14.2. The SMILES string of the molecule is CCN1C/C=C/[C@H](OC(=O)N2CC(N(C)C)C2)[C@@H]2CC[C@H]2CN2C[C@@]3(CCCc4cc(Cl)ccc43)COc3ccc(cc32)S(=O)(=O)NC(=O)C1(C)C. The molecule has 1 N–H and O–H groups in total. The summed E-state index contributed by atoms with van der Waals surface area (Å²) >= 11 is 6.46. The molecule has 3 heterocycles. The average molecular weight is 754 g/mol. The molecule has 2 amide bonds. The van der Waals surface area contributed by atoms with Crippen molar-refractivity contribution in [1.82, 2.24) is 19.4 Å². The third-order valence-electron chi connectivity index (χ3n) is 12.4. The van der Waals surface area contributed by atoms with Gasteiger partial charge in [0.15, 0.2) is 0 Å². The van der Waals surface area contributed by atoms with Crippen LogP contribution in [0.4, 0.5) is 10.5 Å². The van der Waals surface area contributed by atoms with Crippen molar-refractivity contribution >= 4 is 39.3 Å². The maximum atomic E-state index is 13.9. The average Bonchev–Trinajstić information content (AvgIpc) is 3.20. The van der Waals surface area contributed by atoms with Gasteiger partial charge >= 0.3 is 6.09 Å². The molecular weight excluding hydrogens is 702 g/mol. The minimum absolute atomic E-state index is 0.00774. The van der Waals surface area contributed by atoms with Gasteiger partial charge in [-0.15, -0.1) is 0 Å². The van der Waals surface area contributed by atoms with Crippen LogP contribution in [0, 0.1) is 11.8 Å². The van der Waals surface area contributed by atoms with Crippen LogP contribution < -0.4 is 14.4 Å². The molecule has 2 aliphatic carbocycles. The van der Waals surface area contributed by atoms with E-state index in [2.05, 4.69) is 26.7 Å². The molecule has 1 saturated carbocycles. The minimum atomic E-state index is -4.21. The van der Waals surface area contributed by atoms with Crippen molar-refractivity contribution in [2.24, 2.45) is 11.8 Å². The zero-order valence-electron chi connectivity index (χ0n) is 30.9. The maximum absolute atomic E-state index is 13.9. The third kappa shape index (κ3) is 6.92. The van der Waals surface area contributed by atoms with Crippen molar-refractivity contribution in [3.8, 4) is 5.75 Å². The van der Waals surface area contributed by atoms with Gasteiger partial charge in [-0.1, -0.05) is 30.7 Å². The number of hydrogen-bond donors (Lipinski definition) is 1. The molecule has 5 aliphatic rings. The summed E-state index contributed by atoms with van der Waals surface area (Å²) in [5.41, 5.74) is 1.62. The Balaban J connectivity index is 1.28. The summed E-state index contributed by atoms with van der Waals surface area (Å²) in [4.78, 5) is 35.3. The van der Waals surface area contributed by atoms with Gasteiger partial charge in [0.25, 0.3) is 15.9 Å². The smallest absolute Gasteiger partial charge is 0.410 e. The molecular formula is C39H52ClN5O6S. The number of anilines is 1. The summed E-state index contributed by atoms with van der Waals surface area (Å²) in [5.74, 6) is 0.230. The van der Waals surface area contributed by atoms with Crippen LogP contribution in [0.25, 0.3) is 0 Å². The van der Waals surface area contributed by atoms with Crippen LogP contribution in [0.1, 0.15) is 57.6 Å². The Morgan fingerprint density at radius 2 is 1.90 bits per heavy atom. The van der Waals surface area contributed by atoms with Gasteiger partial charge in [-0.2, -0.15) is 0 Å². The van der Waals surface area contributed by atoms with Crippen molar-refractivity contribution in [1.29, 1.82) is 0 Å². The first-order chi connectivity index (χ1) is 24.7. The van der Waals surface area contributed by atoms with Gasteiger partial charge in [0.05, 0.1) is 22.7 Å². The number of sulfonamides is 1. The molecule has 0 radical (unpaired) electrons. The van der Waals surface area contributed by atoms with Gasteiger partial charge in [-0.25, -0.2) is 17.9 Å². The zero-order valence-corrected chi connectivity index (χ0v) is 32.5. The Hall–Kier alpha value is -3.32. The number of benzene rings is 2. The van der Waals surface area contributed by atoms with Gasteiger partial charge < -0.3 is 24.2 Å². The second-order valence-electron chi connectivity index (χ2n) is 16.1. The second-order valence-corrected chi connectivity index (χ2v) is 18.2. The molecule has 7 rings (SSSR count). The molecule has 2 aromatic carbocycles. The first kappa shape index (κ1) is 37.0. The number of aryl methyl sites for hydroxylation is 1. The monoisotopic (exact) mass is 753 g/mol. The molecule has 2 aromatic rings. The molecule has 2 bridgehead atoms. The fourth-order valence-corrected chi connectivity index (χ4v) is 10.0. The summed E-state index contributed by atoms with van der Waals surface area (Å²) in [6.07, 6.45) is 7.88. The lowest BCUT2D eigenvalue weighted by Crippen LogP contribution is -2.60. The third-order valence-corrected chi connectivity index (χ3v) is 13.9. The van der Waals surface area contributed by atoms with Crippen LogP contribution in [0.15, 0.2) is 53.4 Å². The Labute approximate surface area is 313 Å². The number of amides is 2. The molecule has 11 nitrogen and oxygen atoms in total. The van der Waals surface area contributed by atoms with Crippen molar-refractivity contribution in [3.63, 3.8) is 0 Å². The van der Waals surface area contributed by atoms with Crippen molar-refractivity contribution in [2.75, 3.05) is 64.9 Å². The van der Waals surface area contributed by atoms with E-state index in [1.54, 1.807) is 30.9 Å². The van der Waals surface area contributed by atoms with E-state index in [1.807, 2.05) is 44.1 Å². The summed E-state index contributed by atoms with van der Waals surface area (Å²) < 4.78 is 43.1. The topological polar surface area (TPSA) is 112 Å². The number of halogens is 1. The van der Waals surface area contributed by atoms with E-state index in [0.717, 1.165) is 32.1 Å². The molecule has 0 aromatic heterocycles. The van der Waals surface area contributed by atoms with Crippen LogP contribution in [0.5, 0.6) is 5.75 Å². The number of nitrogens with zero attached hydrogens (tertiary/aromatic N) is 4. The van der Waals surface area contributed by atoms with E-state index in [1.165, 1.54) is 17.2 Å². The number of carbonyl (C=O) groups excluding carboxylic acids is 2. The van der Waals surface area contributed by atoms with Gasteiger partial charge in [0, 0.05) is 55.1 Å². The lowest BCUT2D eigenvalue weighted by atomic mass is 9.68. The highest BCUT2D eigenvalue weighted by atomic mass is 35.5. The number of ether oxygens (including phenoxy) is 2. The number of rotatable bonds is 3. The normalized spacial score (nSPS) is 29.4. The number of hydrogen-bond acceptors (Lipinski definition) is 9. The molecule has 2 fully saturated rings. The number of nitrogens with one attached hydrogen (secondary N) is 1. The van der Waals surface area contributed by atoms with E-state index in [0.29, 0.717) is 68.4 Å². The summed E-state index contributed by atoms with van der Waals surface area (Å²) in [6.45, 7) is 9.22. The van der Waals surface area contributed by atoms with Crippen molar-refractivity contribution in [2.45, 2.75) is 80.9 Å². The zero-order chi connectivity index (χ0) is 37.0. The number of fused-ring (bicyclic) bond motifs is 4. The lowest BCUT2D eigenvalue weighted by Gasteiger charge is -2.47. The predicted octanol–water partition coefficient (Wildman–Crippen LogP) is 5.07. The fraction of sp³-hybridized carbons (Fsp3) is 0.590. The molecule has 1 spiro atoms. The van der Waals surface area contributed by atoms with Crippen LogP contribution in [-0.4, -0.2) is 113 Å². The molecule has 52 heavy (non-hydrogen) atoms. The Morgan fingerprint density at radius 3 is 2.62 bits per heavy atom. The Bertz CT molecular complexity index is 1850. The van der Waals surface area contributed by atoms with Crippen LogP contribution in [-0.2, 0) is 31.4 Å². The van der Waals surface area contributed by atoms with E-state index >= 15 is 0 Å². The van der Waals surface area contributed by atoms with Crippen molar-refractivity contribution in [3.05, 3.63) is 64.7 Å². The predicted molar refractivity (Wildman–Crippen MR) is 202 cm³/mol. The first-order valence-corrected chi connectivity index (χ1v) is 20.5. The van der Waals surface area contributed by atoms with Crippen LogP contribution >= 0.6 is 11.6 Å². The van der Waals surface area contributed by atoms with Crippen molar-refractivity contribution < 1.29 is 27.5 Å². The highest BCUT2D eigenvalue weighted by Crippen LogP contribution is 2.47.